The molecule has 3 rings (SSSR count). The molecule has 3 aliphatic rings. The van der Waals surface area contributed by atoms with Crippen molar-refractivity contribution < 1.29 is 0 Å². The van der Waals surface area contributed by atoms with Gasteiger partial charge in [0.15, 0.2) is 0 Å². The summed E-state index contributed by atoms with van der Waals surface area (Å²) in [7, 11) is 0. The number of hydrogen-bond donors (Lipinski definition) is 0. The first kappa shape index (κ1) is 10.2. The van der Waals surface area contributed by atoms with E-state index in [4.69, 9.17) is 0 Å². The second kappa shape index (κ2) is 3.50. The van der Waals surface area contributed by atoms with Crippen LogP contribution in [0.25, 0.3) is 0 Å². The Morgan fingerprint density at radius 1 is 0.733 bits per heavy atom. The van der Waals surface area contributed by atoms with E-state index >= 15 is 0 Å². The van der Waals surface area contributed by atoms with Crippen LogP contribution >= 0.6 is 0 Å². The molecule has 2 spiro atoms. The van der Waals surface area contributed by atoms with Crippen LogP contribution in [-0.2, 0) is 0 Å². The molecule has 0 radical (unpaired) electrons. The number of fused-ring (bicyclic) bond motifs is 1. The van der Waals surface area contributed by atoms with E-state index in [0.29, 0.717) is 0 Å². The zero-order valence-corrected chi connectivity index (χ0v) is 10.4. The second-order valence-electron chi connectivity index (χ2n) is 6.66. The lowest BCUT2D eigenvalue weighted by atomic mass is 9.41. The molecule has 1 atom stereocenters. The molecule has 0 aromatic carbocycles. The van der Waals surface area contributed by atoms with Gasteiger partial charge in [-0.3, -0.25) is 0 Å². The highest BCUT2D eigenvalue weighted by Crippen LogP contribution is 2.72. The first-order valence-electron chi connectivity index (χ1n) is 7.29. The molecular weight excluding hydrogens is 180 g/mol. The minimum atomic E-state index is 0.831. The van der Waals surface area contributed by atoms with E-state index in [1.165, 1.54) is 38.5 Å². The monoisotopic (exact) mass is 206 g/mol. The second-order valence-corrected chi connectivity index (χ2v) is 6.66. The average molecular weight is 206 g/mol. The van der Waals surface area contributed by atoms with Gasteiger partial charge in [-0.25, -0.2) is 0 Å². The first-order valence-corrected chi connectivity index (χ1v) is 7.29. The van der Waals surface area contributed by atoms with E-state index in [0.717, 1.165) is 16.7 Å². The fourth-order valence-electron chi connectivity index (χ4n) is 5.51. The molecule has 86 valence electrons. The molecule has 0 aromatic rings. The predicted molar refractivity (Wildman–Crippen MR) is 64.8 cm³/mol. The standard InChI is InChI=1S/C15H26/c1-13-12-14(8-4-2-3-5-9-14)15(13)10-6-7-11-15/h13H,2-12H2,1H3. The van der Waals surface area contributed by atoms with Gasteiger partial charge in [-0.05, 0) is 48.9 Å². The summed E-state index contributed by atoms with van der Waals surface area (Å²) < 4.78 is 0. The highest BCUT2D eigenvalue weighted by Gasteiger charge is 2.62. The van der Waals surface area contributed by atoms with Crippen LogP contribution in [0.15, 0.2) is 0 Å². The molecule has 3 aliphatic carbocycles. The fourth-order valence-corrected chi connectivity index (χ4v) is 5.51. The smallest absolute Gasteiger partial charge is 0.0215 e. The fraction of sp³-hybridized carbons (Fsp3) is 1.00. The van der Waals surface area contributed by atoms with Crippen LogP contribution in [-0.4, -0.2) is 0 Å². The minimum Gasteiger partial charge on any atom is -0.0619 e. The quantitative estimate of drug-likeness (QED) is 0.527. The van der Waals surface area contributed by atoms with Gasteiger partial charge in [-0.1, -0.05) is 45.4 Å². The Morgan fingerprint density at radius 2 is 1.27 bits per heavy atom. The molecule has 0 nitrogen and oxygen atoms in total. The Bertz CT molecular complexity index is 226. The summed E-state index contributed by atoms with van der Waals surface area (Å²) in [5.41, 5.74) is 1.66. The van der Waals surface area contributed by atoms with Crippen LogP contribution < -0.4 is 0 Å². The minimum absolute atomic E-state index is 0.831. The normalized spacial score (nSPS) is 37.8. The summed E-state index contributed by atoms with van der Waals surface area (Å²) >= 11 is 0. The van der Waals surface area contributed by atoms with Crippen molar-refractivity contribution in [2.45, 2.75) is 77.6 Å². The molecule has 0 saturated heterocycles. The molecule has 0 heteroatoms. The van der Waals surface area contributed by atoms with Gasteiger partial charge in [0.05, 0.1) is 0 Å². The highest BCUT2D eigenvalue weighted by atomic mass is 14.7. The molecule has 15 heavy (non-hydrogen) atoms. The van der Waals surface area contributed by atoms with Crippen molar-refractivity contribution in [3.63, 3.8) is 0 Å². The Kier molecular flexibility index (Phi) is 2.37. The van der Waals surface area contributed by atoms with Gasteiger partial charge >= 0.3 is 0 Å². The van der Waals surface area contributed by atoms with Gasteiger partial charge in [0, 0.05) is 0 Å². The lowest BCUT2D eigenvalue weighted by molar-refractivity contribution is -0.144. The van der Waals surface area contributed by atoms with Crippen LogP contribution in [0.3, 0.4) is 0 Å². The van der Waals surface area contributed by atoms with Crippen LogP contribution in [0, 0.1) is 16.7 Å². The van der Waals surface area contributed by atoms with Crippen molar-refractivity contribution in [3.05, 3.63) is 0 Å². The molecule has 0 aliphatic heterocycles. The Labute approximate surface area is 94.8 Å². The van der Waals surface area contributed by atoms with Crippen molar-refractivity contribution >= 4 is 0 Å². The van der Waals surface area contributed by atoms with E-state index in [-0.39, 0.29) is 0 Å². The van der Waals surface area contributed by atoms with Crippen LogP contribution in [0.5, 0.6) is 0 Å². The lowest BCUT2D eigenvalue weighted by Gasteiger charge is -2.64. The van der Waals surface area contributed by atoms with Gasteiger partial charge in [0.1, 0.15) is 0 Å². The third kappa shape index (κ3) is 1.26. The predicted octanol–water partition coefficient (Wildman–Crippen LogP) is 4.93. The van der Waals surface area contributed by atoms with Gasteiger partial charge in [-0.15, -0.1) is 0 Å². The summed E-state index contributed by atoms with van der Waals surface area (Å²) in [6.45, 7) is 2.54. The lowest BCUT2D eigenvalue weighted by Crippen LogP contribution is -2.55. The summed E-state index contributed by atoms with van der Waals surface area (Å²) in [6.07, 6.45) is 17.1. The molecule has 0 aromatic heterocycles. The van der Waals surface area contributed by atoms with Gasteiger partial charge in [0.25, 0.3) is 0 Å². The SMILES string of the molecule is CC1CC2(CCCCCC2)C12CCCC2. The summed E-state index contributed by atoms with van der Waals surface area (Å²) in [5, 5.41) is 0. The number of hydrogen-bond acceptors (Lipinski definition) is 0. The van der Waals surface area contributed by atoms with Crippen LogP contribution in [0.4, 0.5) is 0 Å². The third-order valence-corrected chi connectivity index (χ3v) is 6.25. The molecule has 3 fully saturated rings. The van der Waals surface area contributed by atoms with Gasteiger partial charge in [0.2, 0.25) is 0 Å². The summed E-state index contributed by atoms with van der Waals surface area (Å²) in [6, 6.07) is 0. The summed E-state index contributed by atoms with van der Waals surface area (Å²) in [5.74, 6) is 1.05. The Hall–Kier alpha value is 0. The largest absolute Gasteiger partial charge is 0.0619 e. The molecular formula is C15H26. The maximum atomic E-state index is 2.54. The van der Waals surface area contributed by atoms with Crippen molar-refractivity contribution in [2.75, 3.05) is 0 Å². The molecule has 1 unspecified atom stereocenters. The Balaban J connectivity index is 1.84. The van der Waals surface area contributed by atoms with E-state index in [1.807, 2.05) is 0 Å². The summed E-state index contributed by atoms with van der Waals surface area (Å²) in [4.78, 5) is 0. The molecule has 0 bridgehead atoms. The number of rotatable bonds is 0. The Morgan fingerprint density at radius 3 is 1.80 bits per heavy atom. The van der Waals surface area contributed by atoms with Crippen molar-refractivity contribution in [3.8, 4) is 0 Å². The topological polar surface area (TPSA) is 0 Å². The zero-order valence-electron chi connectivity index (χ0n) is 10.4. The average Bonchev–Trinajstić information content (AvgIpc) is 2.64. The van der Waals surface area contributed by atoms with E-state index in [9.17, 15) is 0 Å². The van der Waals surface area contributed by atoms with E-state index in [1.54, 1.807) is 32.1 Å². The van der Waals surface area contributed by atoms with Crippen LogP contribution in [0.1, 0.15) is 77.6 Å². The molecule has 3 saturated carbocycles. The maximum Gasteiger partial charge on any atom is -0.0215 e. The van der Waals surface area contributed by atoms with Crippen molar-refractivity contribution in [1.82, 2.24) is 0 Å². The third-order valence-electron chi connectivity index (χ3n) is 6.25. The molecule has 0 N–H and O–H groups in total. The molecule has 0 amide bonds. The van der Waals surface area contributed by atoms with E-state index < -0.39 is 0 Å². The van der Waals surface area contributed by atoms with Crippen LogP contribution in [0.2, 0.25) is 0 Å². The van der Waals surface area contributed by atoms with Gasteiger partial charge < -0.3 is 0 Å². The zero-order chi connectivity index (χ0) is 10.4. The maximum absolute atomic E-state index is 2.54. The molecule has 0 heterocycles. The van der Waals surface area contributed by atoms with Crippen molar-refractivity contribution in [1.29, 1.82) is 0 Å². The first-order chi connectivity index (χ1) is 7.29. The highest BCUT2D eigenvalue weighted by molar-refractivity contribution is 5.12. The van der Waals surface area contributed by atoms with Crippen molar-refractivity contribution in [2.24, 2.45) is 16.7 Å². The van der Waals surface area contributed by atoms with Gasteiger partial charge in [-0.2, -0.15) is 0 Å². The van der Waals surface area contributed by atoms with E-state index in [2.05, 4.69) is 6.92 Å².